The molecule has 4 nitrogen and oxygen atoms in total. The zero-order valence-electron chi connectivity index (χ0n) is 45.7. The highest BCUT2D eigenvalue weighted by Crippen LogP contribution is 2.59. The Bertz CT molecular complexity index is 4050. The molecular formula is C76H59NO3S. The molecule has 11 aromatic carbocycles. The van der Waals surface area contributed by atoms with Crippen LogP contribution in [0.5, 0.6) is 0 Å². The van der Waals surface area contributed by atoms with E-state index in [1.54, 1.807) is 24.3 Å². The topological polar surface area (TPSA) is 54.5 Å². The predicted molar refractivity (Wildman–Crippen MR) is 327 cm³/mol. The van der Waals surface area contributed by atoms with Crippen LogP contribution in [0.3, 0.4) is 0 Å². The Morgan fingerprint density at radius 1 is 0.321 bits per heavy atom. The second-order valence-electron chi connectivity index (χ2n) is 23.0. The Kier molecular flexibility index (Phi) is 11.8. The molecule has 0 N–H and O–H groups in total. The Hall–Kier alpha value is -9.16. The van der Waals surface area contributed by atoms with Gasteiger partial charge in [-0.2, -0.15) is 0 Å². The summed E-state index contributed by atoms with van der Waals surface area (Å²) in [4.78, 5) is 16.5. The number of rotatable bonds is 5. The van der Waals surface area contributed by atoms with Crippen molar-refractivity contribution in [1.82, 2.24) is 0 Å². The zero-order chi connectivity index (χ0) is 55.3. The Labute approximate surface area is 475 Å². The smallest absolute Gasteiger partial charge is 0.206 e. The summed E-state index contributed by atoms with van der Waals surface area (Å²) in [6.07, 6.45) is 0. The summed E-state index contributed by atoms with van der Waals surface area (Å²) in [6.45, 7) is 9.09. The molecule has 5 heteroatoms. The van der Waals surface area contributed by atoms with Crippen LogP contribution in [-0.2, 0) is 26.1 Å². The number of fused-ring (bicyclic) bond motifs is 12. The monoisotopic (exact) mass is 1070 g/mol. The third kappa shape index (κ3) is 7.55. The number of sulfone groups is 1. The normalized spacial score (nSPS) is 15.7. The molecule has 11 aromatic rings. The van der Waals surface area contributed by atoms with Crippen molar-refractivity contribution >= 4 is 32.7 Å². The van der Waals surface area contributed by atoms with E-state index in [0.29, 0.717) is 4.90 Å². The van der Waals surface area contributed by atoms with Crippen LogP contribution in [0.15, 0.2) is 283 Å². The summed E-state index contributed by atoms with van der Waals surface area (Å²) in [6, 6.07) is 93.8. The molecule has 0 fully saturated rings. The van der Waals surface area contributed by atoms with E-state index < -0.39 is 15.3 Å². The average molecular weight is 1070 g/mol. The summed E-state index contributed by atoms with van der Waals surface area (Å²) >= 11 is 0. The quantitative estimate of drug-likeness (QED) is 0.172. The van der Waals surface area contributed by atoms with E-state index in [-0.39, 0.29) is 33.3 Å². The Morgan fingerprint density at radius 3 is 1.10 bits per heavy atom. The summed E-state index contributed by atoms with van der Waals surface area (Å²) in [5.74, 6) is 0.278. The first-order chi connectivity index (χ1) is 39.4. The van der Waals surface area contributed by atoms with E-state index in [1.165, 1.54) is 61.2 Å². The number of para-hydroxylation sites is 2. The lowest BCUT2D eigenvalue weighted by molar-refractivity contribution is 0.103. The molecule has 0 bridgehead atoms. The van der Waals surface area contributed by atoms with Crippen LogP contribution >= 0.6 is 0 Å². The Balaban J connectivity index is 0.000000153. The molecular weight excluding hydrogens is 1010 g/mol. The number of hydrogen-bond acceptors (Lipinski definition) is 4. The van der Waals surface area contributed by atoms with Crippen molar-refractivity contribution < 1.29 is 13.2 Å². The number of nitrogens with zero attached hydrogens (tertiary/aromatic N) is 1. The number of carbonyl (C=O) groups is 1. The van der Waals surface area contributed by atoms with Crippen molar-refractivity contribution in [2.75, 3.05) is 4.90 Å². The van der Waals surface area contributed by atoms with Gasteiger partial charge in [0.05, 0.1) is 26.6 Å². The first-order valence-corrected chi connectivity index (χ1v) is 29.5. The van der Waals surface area contributed by atoms with Gasteiger partial charge in [-0.1, -0.05) is 252 Å². The van der Waals surface area contributed by atoms with Gasteiger partial charge in [-0.15, -0.1) is 0 Å². The van der Waals surface area contributed by atoms with E-state index >= 15 is 0 Å². The molecule has 0 atom stereocenters. The number of hydrogen-bond donors (Lipinski definition) is 0. The van der Waals surface area contributed by atoms with Gasteiger partial charge in [-0.25, -0.2) is 8.42 Å². The molecule has 81 heavy (non-hydrogen) atoms. The van der Waals surface area contributed by atoms with Gasteiger partial charge in [0, 0.05) is 39.5 Å². The van der Waals surface area contributed by atoms with Gasteiger partial charge in [0.15, 0.2) is 5.78 Å². The van der Waals surface area contributed by atoms with E-state index in [0.717, 1.165) is 44.9 Å². The van der Waals surface area contributed by atoms with Gasteiger partial charge in [-0.3, -0.25) is 4.79 Å². The highest BCUT2D eigenvalue weighted by Gasteiger charge is 2.51. The molecule has 15 rings (SSSR count). The van der Waals surface area contributed by atoms with Crippen LogP contribution in [0.2, 0.25) is 0 Å². The molecule has 392 valence electrons. The lowest BCUT2D eigenvalue weighted by Crippen LogP contribution is -2.42. The maximum atomic E-state index is 14.0. The van der Waals surface area contributed by atoms with Gasteiger partial charge in [0.2, 0.25) is 9.84 Å². The summed E-state index contributed by atoms with van der Waals surface area (Å²) in [5, 5.41) is 0. The number of ketones is 1. The predicted octanol–water partition coefficient (Wildman–Crippen LogP) is 17.6. The molecule has 0 unspecified atom stereocenters. The summed E-state index contributed by atoms with van der Waals surface area (Å²) < 4.78 is 27.9. The molecule has 1 aliphatic heterocycles. The third-order valence-electron chi connectivity index (χ3n) is 18.1. The number of anilines is 3. The number of benzene rings is 11. The molecule has 4 aliphatic rings. The standard InChI is InChI=1S/C43H37NO2S.C33H22O/c1-42(2)35-15-7-5-13-33(35)41(34-14-6-8-16-36(34)42)29-21-25-31(26-22-29)47(45,46)32-27-23-30(24-28-32)44-39-19-11-9-17-37(39)43(3,4)38-18-10-12-20-40(38)44;34-32-25-16-6-10-20-29(25)33(30-21-11-7-17-26(30)32)27-18-8-4-14-23(27)31(22-12-2-1-3-13-22)24-15-5-9-19-28(24)33/h5-28,41H,1-4H3;1-21,31H. The fourth-order valence-electron chi connectivity index (χ4n) is 14.4. The van der Waals surface area contributed by atoms with Crippen LogP contribution < -0.4 is 4.90 Å². The maximum absolute atomic E-state index is 14.0. The fourth-order valence-corrected chi connectivity index (χ4v) is 15.7. The summed E-state index contributed by atoms with van der Waals surface area (Å²) in [7, 11) is -3.73. The lowest BCUT2D eigenvalue weighted by Gasteiger charge is -2.47. The highest BCUT2D eigenvalue weighted by atomic mass is 32.2. The first-order valence-electron chi connectivity index (χ1n) is 28.0. The number of carbonyl (C=O) groups excluding carboxylic acids is 1. The minimum Gasteiger partial charge on any atom is -0.310 e. The van der Waals surface area contributed by atoms with E-state index in [9.17, 15) is 13.2 Å². The largest absolute Gasteiger partial charge is 0.310 e. The molecule has 0 aromatic heterocycles. The van der Waals surface area contributed by atoms with Crippen molar-refractivity contribution in [3.8, 4) is 0 Å². The van der Waals surface area contributed by atoms with E-state index in [1.807, 2.05) is 48.5 Å². The van der Waals surface area contributed by atoms with Crippen molar-refractivity contribution in [2.45, 2.75) is 65.6 Å². The molecule has 0 amide bonds. The molecule has 3 aliphatic carbocycles. The molecule has 0 saturated heterocycles. The van der Waals surface area contributed by atoms with Gasteiger partial charge < -0.3 is 4.90 Å². The fraction of sp³-hybridized carbons (Fsp3) is 0.118. The lowest BCUT2D eigenvalue weighted by atomic mass is 9.53. The second kappa shape index (κ2) is 19.0. The van der Waals surface area contributed by atoms with Crippen LogP contribution in [0.25, 0.3) is 0 Å². The van der Waals surface area contributed by atoms with E-state index in [2.05, 4.69) is 233 Å². The van der Waals surface area contributed by atoms with Crippen molar-refractivity contribution in [3.63, 3.8) is 0 Å². The van der Waals surface area contributed by atoms with Gasteiger partial charge in [-0.05, 0) is 126 Å². The molecule has 0 radical (unpaired) electrons. The molecule has 1 heterocycles. The van der Waals surface area contributed by atoms with Crippen LogP contribution in [0.4, 0.5) is 17.1 Å². The van der Waals surface area contributed by atoms with E-state index in [4.69, 9.17) is 0 Å². The van der Waals surface area contributed by atoms with Gasteiger partial charge in [0.1, 0.15) is 0 Å². The van der Waals surface area contributed by atoms with Crippen molar-refractivity contribution in [1.29, 1.82) is 0 Å². The van der Waals surface area contributed by atoms with Crippen LogP contribution in [0, 0.1) is 0 Å². The van der Waals surface area contributed by atoms with Gasteiger partial charge >= 0.3 is 0 Å². The van der Waals surface area contributed by atoms with Crippen molar-refractivity contribution in [3.05, 3.63) is 362 Å². The van der Waals surface area contributed by atoms with Crippen LogP contribution in [-0.4, -0.2) is 14.2 Å². The summed E-state index contributed by atoms with van der Waals surface area (Å²) in [5.41, 5.74) is 21.2. The Morgan fingerprint density at radius 2 is 0.642 bits per heavy atom. The minimum atomic E-state index is -3.73. The molecule has 0 saturated carbocycles. The molecule has 1 spiro atoms. The SMILES string of the molecule is CC1(C)c2ccccc2C(c2ccc(S(=O)(=O)c3ccc(N4c5ccccc5C(C)(C)c5ccccc54)cc3)cc2)c2ccccc21.O=C1c2ccccc2C2(c3ccccc31)c1ccccc1C(c1ccccc1)c1ccccc12. The first kappa shape index (κ1) is 50.1. The third-order valence-corrected chi connectivity index (χ3v) is 19.9. The van der Waals surface area contributed by atoms with Gasteiger partial charge in [0.25, 0.3) is 0 Å². The second-order valence-corrected chi connectivity index (χ2v) is 24.9. The maximum Gasteiger partial charge on any atom is 0.206 e. The van der Waals surface area contributed by atoms with Crippen molar-refractivity contribution in [2.24, 2.45) is 0 Å². The highest BCUT2D eigenvalue weighted by molar-refractivity contribution is 7.91. The average Bonchev–Trinajstić information content (AvgIpc) is 2.39. The minimum absolute atomic E-state index is 0.0340. The van der Waals surface area contributed by atoms with Crippen LogP contribution in [0.1, 0.15) is 133 Å². The zero-order valence-corrected chi connectivity index (χ0v) is 46.5.